The van der Waals surface area contributed by atoms with Crippen LogP contribution in [0.2, 0.25) is 0 Å². The van der Waals surface area contributed by atoms with Crippen molar-refractivity contribution in [1.29, 1.82) is 0 Å². The van der Waals surface area contributed by atoms with E-state index in [9.17, 15) is 10.1 Å². The van der Waals surface area contributed by atoms with E-state index < -0.39 is 0 Å². The molecule has 0 unspecified atom stereocenters. The molecule has 2 fully saturated rings. The Morgan fingerprint density at radius 2 is 1.73 bits per heavy atom. The molecule has 120 valence electrons. The predicted molar refractivity (Wildman–Crippen MR) is 87.4 cm³/mol. The largest absolute Gasteiger partial charge is 0.371 e. The van der Waals surface area contributed by atoms with Crippen molar-refractivity contribution in [3.63, 3.8) is 0 Å². The van der Waals surface area contributed by atoms with Gasteiger partial charge in [0.05, 0.1) is 4.92 Å². The molecule has 1 aromatic carbocycles. The van der Waals surface area contributed by atoms with Crippen LogP contribution in [0.3, 0.4) is 0 Å². The molecule has 22 heavy (non-hydrogen) atoms. The van der Waals surface area contributed by atoms with Crippen LogP contribution in [0.1, 0.15) is 12.8 Å². The van der Waals surface area contributed by atoms with Gasteiger partial charge in [-0.05, 0) is 39.1 Å². The van der Waals surface area contributed by atoms with Gasteiger partial charge in [0.2, 0.25) is 0 Å². The maximum absolute atomic E-state index is 10.7. The lowest BCUT2D eigenvalue weighted by Gasteiger charge is -2.49. The van der Waals surface area contributed by atoms with Crippen LogP contribution in [-0.2, 0) is 0 Å². The van der Waals surface area contributed by atoms with Gasteiger partial charge in [-0.1, -0.05) is 0 Å². The number of piperidine rings is 1. The van der Waals surface area contributed by atoms with Crippen LogP contribution in [0.25, 0.3) is 0 Å². The summed E-state index contributed by atoms with van der Waals surface area (Å²) in [6.07, 6.45) is 2.36. The molecule has 6 heteroatoms. The number of hydrogen-bond donors (Lipinski definition) is 0. The molecular weight excluding hydrogens is 280 g/mol. The zero-order valence-corrected chi connectivity index (χ0v) is 13.3. The fraction of sp³-hybridized carbons (Fsp3) is 0.625. The number of nitro benzene ring substituents is 1. The van der Waals surface area contributed by atoms with E-state index >= 15 is 0 Å². The molecule has 2 aliphatic heterocycles. The molecule has 0 spiro atoms. The smallest absolute Gasteiger partial charge is 0.269 e. The summed E-state index contributed by atoms with van der Waals surface area (Å²) in [4.78, 5) is 17.6. The number of non-ortho nitro benzene ring substituents is 1. The number of likely N-dealkylation sites (tertiary alicyclic amines) is 1. The predicted octanol–water partition coefficient (Wildman–Crippen LogP) is 1.81. The van der Waals surface area contributed by atoms with E-state index in [1.165, 1.54) is 25.9 Å². The zero-order valence-electron chi connectivity index (χ0n) is 13.3. The number of nitro groups is 1. The van der Waals surface area contributed by atoms with Crippen molar-refractivity contribution in [3.05, 3.63) is 34.4 Å². The molecule has 0 N–H and O–H groups in total. The van der Waals surface area contributed by atoms with Crippen molar-refractivity contribution >= 4 is 11.4 Å². The van der Waals surface area contributed by atoms with E-state index in [2.05, 4.69) is 28.8 Å². The fourth-order valence-electron chi connectivity index (χ4n) is 3.39. The van der Waals surface area contributed by atoms with E-state index in [1.807, 2.05) is 12.1 Å². The highest BCUT2D eigenvalue weighted by atomic mass is 16.6. The molecule has 0 aromatic heterocycles. The van der Waals surface area contributed by atoms with E-state index in [0.717, 1.165) is 18.8 Å². The molecule has 2 aliphatic rings. The summed E-state index contributed by atoms with van der Waals surface area (Å²) >= 11 is 0. The van der Waals surface area contributed by atoms with Gasteiger partial charge in [-0.15, -0.1) is 0 Å². The van der Waals surface area contributed by atoms with Crippen LogP contribution in [0, 0.1) is 10.1 Å². The lowest BCUT2D eigenvalue weighted by Crippen LogP contribution is -2.62. The van der Waals surface area contributed by atoms with Gasteiger partial charge in [-0.3, -0.25) is 15.0 Å². The van der Waals surface area contributed by atoms with Gasteiger partial charge >= 0.3 is 0 Å². The zero-order chi connectivity index (χ0) is 15.7. The van der Waals surface area contributed by atoms with Gasteiger partial charge in [0, 0.05) is 56.1 Å². The third-order valence-electron chi connectivity index (χ3n) is 5.03. The van der Waals surface area contributed by atoms with Crippen LogP contribution < -0.4 is 4.90 Å². The van der Waals surface area contributed by atoms with E-state index in [0.29, 0.717) is 12.1 Å². The molecule has 6 nitrogen and oxygen atoms in total. The van der Waals surface area contributed by atoms with Crippen molar-refractivity contribution in [3.8, 4) is 0 Å². The number of anilines is 1. The van der Waals surface area contributed by atoms with Gasteiger partial charge in [-0.2, -0.15) is 0 Å². The molecule has 0 amide bonds. The van der Waals surface area contributed by atoms with Crippen molar-refractivity contribution in [2.75, 3.05) is 45.2 Å². The number of rotatable bonds is 4. The fourth-order valence-corrected chi connectivity index (χ4v) is 3.39. The minimum atomic E-state index is -0.346. The van der Waals surface area contributed by atoms with E-state index in [1.54, 1.807) is 12.1 Å². The van der Waals surface area contributed by atoms with Crippen molar-refractivity contribution in [2.24, 2.45) is 0 Å². The average Bonchev–Trinajstić information content (AvgIpc) is 2.46. The minimum Gasteiger partial charge on any atom is -0.371 e. The van der Waals surface area contributed by atoms with Crippen LogP contribution in [0.4, 0.5) is 11.4 Å². The first-order chi connectivity index (χ1) is 10.5. The van der Waals surface area contributed by atoms with Gasteiger partial charge in [-0.25, -0.2) is 0 Å². The standard InChI is InChI=1S/C16H24N4O2/c1-17(2)16-11-19(12-16)14-7-9-18(10-8-14)13-3-5-15(6-4-13)20(21)22/h3-6,14,16H,7-12H2,1-2H3. The van der Waals surface area contributed by atoms with Crippen LogP contribution in [0.15, 0.2) is 24.3 Å². The van der Waals surface area contributed by atoms with Gasteiger partial charge in [0.15, 0.2) is 0 Å². The SMILES string of the molecule is CN(C)C1CN(C2CCN(c3ccc([N+](=O)[O-])cc3)CC2)C1. The Kier molecular flexibility index (Phi) is 4.31. The quantitative estimate of drug-likeness (QED) is 0.627. The lowest BCUT2D eigenvalue weighted by atomic mass is 9.96. The highest BCUT2D eigenvalue weighted by Gasteiger charge is 2.34. The van der Waals surface area contributed by atoms with Crippen molar-refractivity contribution < 1.29 is 4.92 Å². The van der Waals surface area contributed by atoms with E-state index in [4.69, 9.17) is 0 Å². The highest BCUT2D eigenvalue weighted by Crippen LogP contribution is 2.27. The Morgan fingerprint density at radius 3 is 2.23 bits per heavy atom. The van der Waals surface area contributed by atoms with Gasteiger partial charge in [0.1, 0.15) is 0 Å². The molecule has 0 radical (unpaired) electrons. The Balaban J connectivity index is 1.50. The van der Waals surface area contributed by atoms with Crippen LogP contribution in [0.5, 0.6) is 0 Å². The first kappa shape index (κ1) is 15.2. The number of likely N-dealkylation sites (N-methyl/N-ethyl adjacent to an activating group) is 1. The first-order valence-electron chi connectivity index (χ1n) is 7.94. The first-order valence-corrected chi connectivity index (χ1v) is 7.94. The summed E-state index contributed by atoms with van der Waals surface area (Å²) in [5.74, 6) is 0. The second-order valence-corrected chi connectivity index (χ2v) is 6.56. The van der Waals surface area contributed by atoms with Crippen LogP contribution >= 0.6 is 0 Å². The van der Waals surface area contributed by atoms with Crippen molar-refractivity contribution in [1.82, 2.24) is 9.80 Å². The third-order valence-corrected chi connectivity index (χ3v) is 5.03. The summed E-state index contributed by atoms with van der Waals surface area (Å²) < 4.78 is 0. The Bertz CT molecular complexity index is 517. The number of nitrogens with zero attached hydrogens (tertiary/aromatic N) is 4. The summed E-state index contributed by atoms with van der Waals surface area (Å²) in [7, 11) is 4.30. The van der Waals surface area contributed by atoms with Crippen LogP contribution in [-0.4, -0.2) is 67.1 Å². The molecule has 3 rings (SSSR count). The molecule has 0 saturated carbocycles. The normalized spacial score (nSPS) is 21.1. The molecule has 0 atom stereocenters. The molecule has 0 aliphatic carbocycles. The maximum Gasteiger partial charge on any atom is 0.269 e. The second kappa shape index (κ2) is 6.22. The molecule has 1 aromatic rings. The third kappa shape index (κ3) is 3.08. The van der Waals surface area contributed by atoms with E-state index in [-0.39, 0.29) is 10.6 Å². The summed E-state index contributed by atoms with van der Waals surface area (Å²) in [5, 5.41) is 10.7. The Morgan fingerprint density at radius 1 is 1.14 bits per heavy atom. The second-order valence-electron chi connectivity index (χ2n) is 6.56. The summed E-state index contributed by atoms with van der Waals surface area (Å²) in [6.45, 7) is 4.45. The highest BCUT2D eigenvalue weighted by molar-refractivity contribution is 5.51. The molecule has 0 bridgehead atoms. The summed E-state index contributed by atoms with van der Waals surface area (Å²) in [6, 6.07) is 8.34. The molecule has 2 heterocycles. The Hall–Kier alpha value is -1.66. The average molecular weight is 304 g/mol. The van der Waals surface area contributed by atoms with Crippen molar-refractivity contribution in [2.45, 2.75) is 24.9 Å². The summed E-state index contributed by atoms with van der Waals surface area (Å²) in [5.41, 5.74) is 1.26. The minimum absolute atomic E-state index is 0.161. The Labute approximate surface area is 131 Å². The number of benzene rings is 1. The van der Waals surface area contributed by atoms with Gasteiger partial charge < -0.3 is 9.80 Å². The maximum atomic E-state index is 10.7. The monoisotopic (exact) mass is 304 g/mol. The topological polar surface area (TPSA) is 52.9 Å². The molecular formula is C16H24N4O2. The lowest BCUT2D eigenvalue weighted by molar-refractivity contribution is -0.384. The van der Waals surface area contributed by atoms with Gasteiger partial charge in [0.25, 0.3) is 5.69 Å². The number of hydrogen-bond acceptors (Lipinski definition) is 5. The molecule has 2 saturated heterocycles.